The van der Waals surface area contributed by atoms with Crippen LogP contribution in [-0.2, 0) is 11.3 Å². The van der Waals surface area contributed by atoms with Crippen LogP contribution in [0.4, 0.5) is 18.0 Å². The largest absolute Gasteiger partial charge is 0.440 e. The van der Waals surface area contributed by atoms with E-state index in [1.807, 2.05) is 16.8 Å². The van der Waals surface area contributed by atoms with Crippen LogP contribution in [0, 0.1) is 0 Å². The number of carbonyl (C=O) groups is 1. The van der Waals surface area contributed by atoms with Gasteiger partial charge in [-0.1, -0.05) is 0 Å². The summed E-state index contributed by atoms with van der Waals surface area (Å²) in [4.78, 5) is 19.4. The molecule has 1 amide bonds. The molecule has 2 heterocycles. The number of nitrogens with zero attached hydrogens (tertiary/aromatic N) is 2. The van der Waals surface area contributed by atoms with Crippen molar-refractivity contribution in [3.05, 3.63) is 34.9 Å². The average Bonchev–Trinajstić information content (AvgIpc) is 2.96. The first-order chi connectivity index (χ1) is 9.96. The third-order valence-electron chi connectivity index (χ3n) is 2.34. The van der Waals surface area contributed by atoms with Crippen LogP contribution in [0.5, 0.6) is 0 Å². The first kappa shape index (κ1) is 15.2. The lowest BCUT2D eigenvalue weighted by molar-refractivity contribution is -0.160. The molecular weight excluding hydrogens is 307 g/mol. The monoisotopic (exact) mass is 317 g/mol. The van der Waals surface area contributed by atoms with Crippen molar-refractivity contribution >= 4 is 17.4 Å². The second-order valence-electron chi connectivity index (χ2n) is 3.91. The molecule has 0 spiro atoms. The number of carbonyl (C=O) groups excluding carboxylic acids is 1. The molecule has 112 valence electrons. The van der Waals surface area contributed by atoms with Crippen LogP contribution in [0.15, 0.2) is 29.2 Å². The number of aromatic nitrogens is 2. The molecule has 0 radical (unpaired) electrons. The van der Waals surface area contributed by atoms with Gasteiger partial charge in [0.25, 0.3) is 0 Å². The van der Waals surface area contributed by atoms with E-state index >= 15 is 0 Å². The number of halogens is 3. The zero-order chi connectivity index (χ0) is 15.3. The summed E-state index contributed by atoms with van der Waals surface area (Å²) in [5.41, 5.74) is 1.84. The van der Waals surface area contributed by atoms with Crippen molar-refractivity contribution in [1.82, 2.24) is 15.3 Å². The lowest BCUT2D eigenvalue weighted by atomic mass is 10.2. The van der Waals surface area contributed by atoms with Crippen LogP contribution in [0.25, 0.3) is 11.3 Å². The third kappa shape index (κ3) is 4.71. The van der Waals surface area contributed by atoms with Crippen molar-refractivity contribution in [3.63, 3.8) is 0 Å². The summed E-state index contributed by atoms with van der Waals surface area (Å²) >= 11 is 1.47. The highest BCUT2D eigenvalue weighted by Gasteiger charge is 2.29. The molecule has 0 aliphatic rings. The van der Waals surface area contributed by atoms with E-state index in [-0.39, 0.29) is 6.54 Å². The lowest BCUT2D eigenvalue weighted by Crippen LogP contribution is -2.29. The van der Waals surface area contributed by atoms with Crippen molar-refractivity contribution in [2.45, 2.75) is 12.7 Å². The normalized spacial score (nSPS) is 11.2. The standard InChI is InChI=1S/C12H10F3N3O2S/c13-12(14,15)7-20-11(19)18-5-9-10(17-3-2-16-9)8-1-4-21-6-8/h1-4,6H,5,7H2,(H,18,19). The molecule has 2 rings (SSSR count). The van der Waals surface area contributed by atoms with Crippen LogP contribution in [-0.4, -0.2) is 28.8 Å². The van der Waals surface area contributed by atoms with Crippen LogP contribution in [0.1, 0.15) is 5.69 Å². The molecule has 0 fully saturated rings. The van der Waals surface area contributed by atoms with E-state index in [2.05, 4.69) is 20.0 Å². The van der Waals surface area contributed by atoms with Crippen LogP contribution >= 0.6 is 11.3 Å². The number of nitrogens with one attached hydrogen (secondary N) is 1. The number of hydrogen-bond donors (Lipinski definition) is 1. The minimum Gasteiger partial charge on any atom is -0.440 e. The number of hydrogen-bond acceptors (Lipinski definition) is 5. The number of alkyl carbamates (subject to hydrolysis) is 1. The van der Waals surface area contributed by atoms with Crippen molar-refractivity contribution < 1.29 is 22.7 Å². The fraction of sp³-hybridized carbons (Fsp3) is 0.250. The molecule has 1 N–H and O–H groups in total. The summed E-state index contributed by atoms with van der Waals surface area (Å²) < 4.78 is 39.7. The fourth-order valence-electron chi connectivity index (χ4n) is 1.49. The van der Waals surface area contributed by atoms with Gasteiger partial charge in [-0.05, 0) is 11.4 Å². The Morgan fingerprint density at radius 2 is 2.10 bits per heavy atom. The van der Waals surface area contributed by atoms with E-state index in [1.54, 1.807) is 0 Å². The van der Waals surface area contributed by atoms with Gasteiger partial charge in [-0.2, -0.15) is 24.5 Å². The topological polar surface area (TPSA) is 64.1 Å². The minimum atomic E-state index is -4.55. The van der Waals surface area contributed by atoms with Gasteiger partial charge in [0.2, 0.25) is 0 Å². The van der Waals surface area contributed by atoms with Crippen LogP contribution in [0.2, 0.25) is 0 Å². The maximum Gasteiger partial charge on any atom is 0.422 e. The smallest absolute Gasteiger partial charge is 0.422 e. The maximum absolute atomic E-state index is 11.9. The maximum atomic E-state index is 11.9. The molecule has 0 saturated heterocycles. The van der Waals surface area contributed by atoms with Gasteiger partial charge in [0, 0.05) is 23.3 Å². The molecule has 5 nitrogen and oxygen atoms in total. The van der Waals surface area contributed by atoms with E-state index in [1.165, 1.54) is 23.7 Å². The molecule has 0 saturated carbocycles. The summed E-state index contributed by atoms with van der Waals surface area (Å²) in [7, 11) is 0. The number of ether oxygens (including phenoxy) is 1. The Balaban J connectivity index is 1.96. The summed E-state index contributed by atoms with van der Waals surface area (Å²) in [6.45, 7) is -1.70. The third-order valence-corrected chi connectivity index (χ3v) is 3.02. The average molecular weight is 317 g/mol. The van der Waals surface area contributed by atoms with Gasteiger partial charge in [-0.3, -0.25) is 9.97 Å². The Morgan fingerprint density at radius 1 is 1.33 bits per heavy atom. The fourth-order valence-corrected chi connectivity index (χ4v) is 2.13. The molecule has 2 aromatic heterocycles. The SMILES string of the molecule is O=C(NCc1nccnc1-c1ccsc1)OCC(F)(F)F. The van der Waals surface area contributed by atoms with E-state index in [0.29, 0.717) is 11.4 Å². The Kier molecular flexibility index (Phi) is 4.73. The predicted molar refractivity (Wildman–Crippen MR) is 69.6 cm³/mol. The van der Waals surface area contributed by atoms with Crippen molar-refractivity contribution in [1.29, 1.82) is 0 Å². The Bertz CT molecular complexity index is 602. The zero-order valence-electron chi connectivity index (χ0n) is 10.6. The molecule has 2 aromatic rings. The molecule has 21 heavy (non-hydrogen) atoms. The van der Waals surface area contributed by atoms with Gasteiger partial charge < -0.3 is 10.1 Å². The van der Waals surface area contributed by atoms with Gasteiger partial charge in [0.15, 0.2) is 6.61 Å². The summed E-state index contributed by atoms with van der Waals surface area (Å²) in [6, 6.07) is 1.83. The molecule has 0 unspecified atom stereocenters. The molecular formula is C12H10F3N3O2S. The Hall–Kier alpha value is -2.16. The number of rotatable bonds is 4. The molecule has 0 bridgehead atoms. The second kappa shape index (κ2) is 6.53. The number of alkyl halides is 3. The van der Waals surface area contributed by atoms with Crippen LogP contribution < -0.4 is 5.32 Å². The predicted octanol–water partition coefficient (Wildman–Crippen LogP) is 2.99. The summed E-state index contributed by atoms with van der Waals surface area (Å²) in [5.74, 6) is 0. The molecule has 0 aliphatic heterocycles. The lowest BCUT2D eigenvalue weighted by Gasteiger charge is -2.10. The summed E-state index contributed by atoms with van der Waals surface area (Å²) in [5, 5.41) is 5.93. The minimum absolute atomic E-state index is 0.0737. The highest BCUT2D eigenvalue weighted by molar-refractivity contribution is 7.08. The van der Waals surface area contributed by atoms with Gasteiger partial charge in [0.05, 0.1) is 17.9 Å². The van der Waals surface area contributed by atoms with Crippen molar-refractivity contribution in [2.24, 2.45) is 0 Å². The second-order valence-corrected chi connectivity index (χ2v) is 4.69. The summed E-state index contributed by atoms with van der Waals surface area (Å²) in [6.07, 6.45) is -2.77. The van der Waals surface area contributed by atoms with E-state index in [9.17, 15) is 18.0 Å². The number of thiophene rings is 1. The molecule has 0 aliphatic carbocycles. The van der Waals surface area contributed by atoms with Crippen LogP contribution in [0.3, 0.4) is 0 Å². The van der Waals surface area contributed by atoms with Gasteiger partial charge in [0.1, 0.15) is 0 Å². The first-order valence-corrected chi connectivity index (χ1v) is 6.70. The quantitative estimate of drug-likeness (QED) is 0.941. The highest BCUT2D eigenvalue weighted by atomic mass is 32.1. The van der Waals surface area contributed by atoms with Gasteiger partial charge in [-0.25, -0.2) is 4.79 Å². The number of amides is 1. The van der Waals surface area contributed by atoms with Gasteiger partial charge >= 0.3 is 12.3 Å². The Morgan fingerprint density at radius 3 is 2.76 bits per heavy atom. The molecule has 0 aromatic carbocycles. The Labute approximate surface area is 121 Å². The highest BCUT2D eigenvalue weighted by Crippen LogP contribution is 2.22. The van der Waals surface area contributed by atoms with E-state index < -0.39 is 18.9 Å². The van der Waals surface area contributed by atoms with Crippen molar-refractivity contribution in [2.75, 3.05) is 6.61 Å². The molecule has 0 atom stereocenters. The zero-order valence-corrected chi connectivity index (χ0v) is 11.4. The molecule has 9 heteroatoms. The first-order valence-electron chi connectivity index (χ1n) is 5.75. The van der Waals surface area contributed by atoms with E-state index in [4.69, 9.17) is 0 Å². The van der Waals surface area contributed by atoms with Gasteiger partial charge in [-0.15, -0.1) is 0 Å². The van der Waals surface area contributed by atoms with E-state index in [0.717, 1.165) is 5.56 Å². The van der Waals surface area contributed by atoms with Crippen molar-refractivity contribution in [3.8, 4) is 11.3 Å².